The van der Waals surface area contributed by atoms with Gasteiger partial charge in [-0.05, 0) is 25.1 Å². The molecule has 31 heavy (non-hydrogen) atoms. The summed E-state index contributed by atoms with van der Waals surface area (Å²) in [4.78, 5) is 37.2. The van der Waals surface area contributed by atoms with Crippen LogP contribution in [-0.4, -0.2) is 19.8 Å². The zero-order valence-corrected chi connectivity index (χ0v) is 17.3. The van der Waals surface area contributed by atoms with Crippen molar-refractivity contribution in [1.82, 2.24) is 13.9 Å². The topological polar surface area (TPSA) is 78.0 Å². The second kappa shape index (κ2) is 8.46. The molecule has 0 saturated carbocycles. The fourth-order valence-electron chi connectivity index (χ4n) is 3.06. The quantitative estimate of drug-likeness (QED) is 0.642. The number of pyridine rings is 1. The molecule has 0 fully saturated rings. The Morgan fingerprint density at radius 1 is 1.13 bits per heavy atom. The molecule has 7 nitrogen and oxygen atoms in total. The highest BCUT2D eigenvalue weighted by molar-refractivity contribution is 6.30. The summed E-state index contributed by atoms with van der Waals surface area (Å²) in [5.74, 6) is -0.633. The fraction of sp³-hybridized carbons (Fsp3) is 0.250. The minimum atomic E-state index is -4.69. The van der Waals surface area contributed by atoms with E-state index >= 15 is 0 Å². The van der Waals surface area contributed by atoms with Crippen LogP contribution in [-0.2, 0) is 24.6 Å². The van der Waals surface area contributed by atoms with Gasteiger partial charge in [0, 0.05) is 26.2 Å². The van der Waals surface area contributed by atoms with E-state index in [0.717, 1.165) is 4.57 Å². The first-order chi connectivity index (χ1) is 14.5. The lowest BCUT2D eigenvalue weighted by Gasteiger charge is -2.11. The molecule has 0 aliphatic rings. The molecular weight excluding hydrogens is 437 g/mol. The van der Waals surface area contributed by atoms with Gasteiger partial charge in [-0.1, -0.05) is 29.8 Å². The molecule has 3 rings (SSSR count). The smallest absolute Gasteiger partial charge is 0.320 e. The van der Waals surface area contributed by atoms with Gasteiger partial charge in [-0.2, -0.15) is 13.2 Å². The minimum absolute atomic E-state index is 0.0470. The van der Waals surface area contributed by atoms with Crippen LogP contribution in [0.3, 0.4) is 0 Å². The minimum Gasteiger partial charge on any atom is -0.320 e. The number of anilines is 1. The molecule has 11 heteroatoms. The number of benzene rings is 1. The highest BCUT2D eigenvalue weighted by Gasteiger charge is 2.32. The maximum absolute atomic E-state index is 12.9. The number of amides is 1. The monoisotopic (exact) mass is 454 g/mol. The van der Waals surface area contributed by atoms with Crippen molar-refractivity contribution in [3.63, 3.8) is 0 Å². The molecule has 0 aliphatic heterocycles. The normalized spacial score (nSPS) is 11.5. The maximum atomic E-state index is 12.9. The number of carbonyl (C=O) groups is 1. The summed E-state index contributed by atoms with van der Waals surface area (Å²) in [7, 11) is 1.66. The lowest BCUT2D eigenvalue weighted by molar-refractivity contribution is -0.138. The van der Waals surface area contributed by atoms with Crippen molar-refractivity contribution >= 4 is 23.2 Å². The molecule has 0 radical (unpaired) electrons. The molecule has 0 aliphatic carbocycles. The van der Waals surface area contributed by atoms with E-state index in [2.05, 4.69) is 5.32 Å². The Kier molecular flexibility index (Phi) is 6.12. The van der Waals surface area contributed by atoms with E-state index in [1.54, 1.807) is 49.0 Å². The first kappa shape index (κ1) is 22.4. The summed E-state index contributed by atoms with van der Waals surface area (Å²) >= 11 is 5.61. The molecule has 0 atom stereocenters. The summed E-state index contributed by atoms with van der Waals surface area (Å²) in [6, 6.07) is 9.34. The summed E-state index contributed by atoms with van der Waals surface area (Å²) in [6.07, 6.45) is -4.42. The number of carbonyl (C=O) groups excluding carboxylic acids is 1. The molecule has 0 spiro atoms. The van der Waals surface area contributed by atoms with Gasteiger partial charge in [-0.25, -0.2) is 4.68 Å². The van der Waals surface area contributed by atoms with Crippen molar-refractivity contribution in [3.8, 4) is 5.69 Å². The van der Waals surface area contributed by atoms with Gasteiger partial charge >= 0.3 is 6.18 Å². The van der Waals surface area contributed by atoms with Crippen molar-refractivity contribution in [1.29, 1.82) is 0 Å². The number of hydrogen-bond acceptors (Lipinski definition) is 3. The number of halogens is 4. The number of nitrogens with one attached hydrogen (secondary N) is 1. The first-order valence-electron chi connectivity index (χ1n) is 9.11. The lowest BCUT2D eigenvalue weighted by atomic mass is 10.2. The molecule has 1 N–H and O–H groups in total. The molecule has 1 amide bonds. The van der Waals surface area contributed by atoms with Crippen LogP contribution in [0.15, 0.2) is 52.2 Å². The molecule has 164 valence electrons. The van der Waals surface area contributed by atoms with E-state index in [-0.39, 0.29) is 18.7 Å². The number of hydrogen-bond donors (Lipinski definition) is 1. The van der Waals surface area contributed by atoms with Crippen molar-refractivity contribution in [2.45, 2.75) is 26.1 Å². The molecule has 2 aromatic heterocycles. The zero-order chi connectivity index (χ0) is 22.9. The summed E-state index contributed by atoms with van der Waals surface area (Å²) < 4.78 is 42.5. The van der Waals surface area contributed by atoms with E-state index < -0.39 is 33.8 Å². The number of alkyl halides is 3. The Balaban J connectivity index is 1.81. The highest BCUT2D eigenvalue weighted by Crippen LogP contribution is 2.29. The second-order valence-corrected chi connectivity index (χ2v) is 7.21. The third-order valence-corrected chi connectivity index (χ3v) is 5.04. The van der Waals surface area contributed by atoms with Gasteiger partial charge in [0.05, 0.1) is 16.9 Å². The van der Waals surface area contributed by atoms with E-state index in [9.17, 15) is 27.6 Å². The third-order valence-electron chi connectivity index (χ3n) is 4.77. The molecule has 0 saturated heterocycles. The molecule has 0 unspecified atom stereocenters. The summed E-state index contributed by atoms with van der Waals surface area (Å²) in [6.45, 7) is 1.31. The van der Waals surface area contributed by atoms with Crippen LogP contribution in [0.2, 0.25) is 5.02 Å². The molecule has 3 aromatic rings. The maximum Gasteiger partial charge on any atom is 0.417 e. The van der Waals surface area contributed by atoms with Crippen molar-refractivity contribution in [2.75, 3.05) is 5.32 Å². The van der Waals surface area contributed by atoms with Gasteiger partial charge in [0.1, 0.15) is 10.7 Å². The summed E-state index contributed by atoms with van der Waals surface area (Å²) in [5.41, 5.74) is -1.26. The van der Waals surface area contributed by atoms with Gasteiger partial charge in [0.15, 0.2) is 0 Å². The van der Waals surface area contributed by atoms with Crippen LogP contribution < -0.4 is 16.4 Å². The Hall–Kier alpha value is -3.27. The Morgan fingerprint density at radius 3 is 2.39 bits per heavy atom. The van der Waals surface area contributed by atoms with Gasteiger partial charge in [-0.15, -0.1) is 0 Å². The fourth-order valence-corrected chi connectivity index (χ4v) is 3.28. The number of nitrogens with zero attached hydrogens (tertiary/aromatic N) is 3. The first-order valence-corrected chi connectivity index (χ1v) is 9.49. The second-order valence-electron chi connectivity index (χ2n) is 6.81. The molecule has 0 bridgehead atoms. The van der Waals surface area contributed by atoms with Gasteiger partial charge in [-0.3, -0.25) is 19.1 Å². The molecule has 1 aromatic carbocycles. The predicted octanol–water partition coefficient (Wildman–Crippen LogP) is 3.35. The zero-order valence-electron chi connectivity index (χ0n) is 16.5. The molecule has 2 heterocycles. The number of rotatable bonds is 5. The average molecular weight is 455 g/mol. The van der Waals surface area contributed by atoms with E-state index in [4.69, 9.17) is 11.6 Å². The number of para-hydroxylation sites is 1. The number of aromatic nitrogens is 3. The third kappa shape index (κ3) is 4.58. The molecular formula is C20H18ClF3N4O3. The van der Waals surface area contributed by atoms with Crippen LogP contribution in [0.4, 0.5) is 18.9 Å². The van der Waals surface area contributed by atoms with Crippen LogP contribution in [0, 0.1) is 6.92 Å². The Labute approximate surface area is 179 Å². The van der Waals surface area contributed by atoms with Crippen molar-refractivity contribution in [3.05, 3.63) is 79.6 Å². The van der Waals surface area contributed by atoms with Crippen molar-refractivity contribution < 1.29 is 18.0 Å². The summed E-state index contributed by atoms with van der Waals surface area (Å²) in [5, 5.41) is 1.90. The van der Waals surface area contributed by atoms with Gasteiger partial charge in [0.25, 0.3) is 11.1 Å². The average Bonchev–Trinajstić information content (AvgIpc) is 2.92. The Morgan fingerprint density at radius 2 is 1.77 bits per heavy atom. The number of aryl methyl sites for hydroxylation is 1. The van der Waals surface area contributed by atoms with E-state index in [1.807, 2.05) is 0 Å². The standard InChI is InChI=1S/C20H18ClF3N4O3/c1-12-17(19(31)28(26(12)2)14-6-4-3-5-7-14)25-16(29)8-9-27-11-13(20(22,23)24)10-15(21)18(27)30/h3-7,10-11H,8-9H2,1-2H3,(H,25,29). The van der Waals surface area contributed by atoms with Crippen molar-refractivity contribution in [2.24, 2.45) is 7.05 Å². The lowest BCUT2D eigenvalue weighted by Crippen LogP contribution is -2.26. The van der Waals surface area contributed by atoms with Crippen LogP contribution in [0.25, 0.3) is 5.69 Å². The largest absolute Gasteiger partial charge is 0.417 e. The van der Waals surface area contributed by atoms with E-state index in [1.165, 1.54) is 4.68 Å². The van der Waals surface area contributed by atoms with E-state index in [0.29, 0.717) is 23.6 Å². The highest BCUT2D eigenvalue weighted by atomic mass is 35.5. The van der Waals surface area contributed by atoms with Crippen LogP contribution >= 0.6 is 11.6 Å². The van der Waals surface area contributed by atoms with Crippen LogP contribution in [0.1, 0.15) is 17.7 Å². The SMILES string of the molecule is Cc1c(NC(=O)CCn2cc(C(F)(F)F)cc(Cl)c2=O)c(=O)n(-c2ccccc2)n1C. The van der Waals surface area contributed by atoms with Gasteiger partial charge < -0.3 is 9.88 Å². The van der Waals surface area contributed by atoms with Crippen LogP contribution in [0.5, 0.6) is 0 Å². The predicted molar refractivity (Wildman–Crippen MR) is 110 cm³/mol. The van der Waals surface area contributed by atoms with Gasteiger partial charge in [0.2, 0.25) is 5.91 Å². The Bertz CT molecular complexity index is 1240.